The summed E-state index contributed by atoms with van der Waals surface area (Å²) in [7, 11) is 0. The Balaban J connectivity index is 3.38. The zero-order valence-corrected chi connectivity index (χ0v) is 6.23. The van der Waals surface area contributed by atoms with Crippen molar-refractivity contribution in [1.29, 1.82) is 0 Å². The molecule has 0 aromatic heterocycles. The molecule has 9 heavy (non-hydrogen) atoms. The molecule has 0 fully saturated rings. The molecular weight excluding hydrogens is 138 g/mol. The highest BCUT2D eigenvalue weighted by Crippen LogP contribution is 2.10. The first kappa shape index (κ1) is 8.52. The van der Waals surface area contributed by atoms with E-state index in [1.807, 2.05) is 0 Å². The minimum Gasteiger partial charge on any atom is -0.454 e. The molecule has 0 rings (SSSR count). The molecule has 0 aliphatic rings. The second-order valence-corrected chi connectivity index (χ2v) is 3.06. The summed E-state index contributed by atoms with van der Waals surface area (Å²) in [5.41, 5.74) is 0. The van der Waals surface area contributed by atoms with E-state index in [0.717, 1.165) is 0 Å². The molecule has 0 spiro atoms. The van der Waals surface area contributed by atoms with Crippen molar-refractivity contribution in [3.05, 3.63) is 12.7 Å². The minimum atomic E-state index is -1.08. The van der Waals surface area contributed by atoms with Crippen LogP contribution in [-0.4, -0.2) is 18.2 Å². The highest BCUT2D eigenvalue weighted by atomic mass is 32.2. The van der Waals surface area contributed by atoms with Gasteiger partial charge in [0, 0.05) is 0 Å². The summed E-state index contributed by atoms with van der Waals surface area (Å²) >= 11 is -1.08. The maximum Gasteiger partial charge on any atom is 0.359 e. The van der Waals surface area contributed by atoms with Crippen LogP contribution >= 0.6 is 11.1 Å². The Morgan fingerprint density at radius 2 is 2.56 bits per heavy atom. The summed E-state index contributed by atoms with van der Waals surface area (Å²) in [4.78, 5) is 10.5. The standard InChI is InChI=1S/C5H11NO2S/c1-3-4-8-5(7)9(2)6/h3,9H,1,4,6H2,2H3. The van der Waals surface area contributed by atoms with Crippen molar-refractivity contribution < 1.29 is 9.53 Å². The lowest BCUT2D eigenvalue weighted by Crippen LogP contribution is -2.07. The number of thiol groups is 1. The Kier molecular flexibility index (Phi) is 4.17. The van der Waals surface area contributed by atoms with Crippen LogP contribution in [0.5, 0.6) is 0 Å². The Labute approximate surface area is 57.4 Å². The molecule has 0 aromatic rings. The predicted molar refractivity (Wildman–Crippen MR) is 40.6 cm³/mol. The van der Waals surface area contributed by atoms with Gasteiger partial charge in [-0.25, -0.2) is 4.79 Å². The number of ether oxygens (including phenoxy) is 1. The summed E-state index contributed by atoms with van der Waals surface area (Å²) in [6.45, 7) is 3.63. The molecule has 1 atom stereocenters. The van der Waals surface area contributed by atoms with Crippen molar-refractivity contribution in [1.82, 2.24) is 0 Å². The van der Waals surface area contributed by atoms with Crippen molar-refractivity contribution in [2.24, 2.45) is 5.14 Å². The fourth-order valence-corrected chi connectivity index (χ4v) is 0.510. The van der Waals surface area contributed by atoms with Crippen LogP contribution in [0.25, 0.3) is 0 Å². The SMILES string of the molecule is C=CCOC(=O)[SH](C)N. The maximum atomic E-state index is 10.5. The van der Waals surface area contributed by atoms with Crippen LogP contribution in [0, 0.1) is 0 Å². The third-order valence-corrected chi connectivity index (χ3v) is 1.32. The van der Waals surface area contributed by atoms with Gasteiger partial charge in [-0.15, -0.1) is 11.1 Å². The first-order chi connectivity index (χ1) is 4.18. The van der Waals surface area contributed by atoms with E-state index in [9.17, 15) is 4.79 Å². The molecule has 4 heteroatoms. The van der Waals surface area contributed by atoms with E-state index in [2.05, 4.69) is 11.3 Å². The molecule has 0 aromatic carbocycles. The zero-order valence-electron chi connectivity index (χ0n) is 5.33. The third kappa shape index (κ3) is 4.05. The number of nitrogens with two attached hydrogens (primary N) is 1. The summed E-state index contributed by atoms with van der Waals surface area (Å²) in [5, 5.41) is 4.90. The Bertz CT molecular complexity index is 114. The van der Waals surface area contributed by atoms with Gasteiger partial charge in [-0.1, -0.05) is 12.7 Å². The summed E-state index contributed by atoms with van der Waals surface area (Å²) in [5.74, 6) is 0. The molecule has 2 N–H and O–H groups in total. The van der Waals surface area contributed by atoms with Crippen molar-refractivity contribution in [3.8, 4) is 0 Å². The average Bonchev–Trinajstić information content (AvgIpc) is 1.82. The highest BCUT2D eigenvalue weighted by molar-refractivity contribution is 8.27. The lowest BCUT2D eigenvalue weighted by Gasteiger charge is -2.06. The van der Waals surface area contributed by atoms with Gasteiger partial charge in [-0.05, 0) is 6.26 Å². The fraction of sp³-hybridized carbons (Fsp3) is 0.400. The van der Waals surface area contributed by atoms with Gasteiger partial charge in [0.2, 0.25) is 0 Å². The largest absolute Gasteiger partial charge is 0.454 e. The number of carbonyl (C=O) groups excluding carboxylic acids is 1. The second kappa shape index (κ2) is 4.40. The van der Waals surface area contributed by atoms with Gasteiger partial charge in [0.1, 0.15) is 6.61 Å². The van der Waals surface area contributed by atoms with Crippen molar-refractivity contribution in [3.63, 3.8) is 0 Å². The molecule has 0 radical (unpaired) electrons. The first-order valence-electron chi connectivity index (χ1n) is 2.44. The van der Waals surface area contributed by atoms with Crippen molar-refractivity contribution in [2.75, 3.05) is 12.9 Å². The Morgan fingerprint density at radius 3 is 2.89 bits per heavy atom. The van der Waals surface area contributed by atoms with E-state index >= 15 is 0 Å². The zero-order chi connectivity index (χ0) is 7.28. The normalized spacial score (nSPS) is 14.2. The van der Waals surface area contributed by atoms with E-state index in [0.29, 0.717) is 0 Å². The molecule has 3 nitrogen and oxygen atoms in total. The number of carbonyl (C=O) groups is 1. The van der Waals surface area contributed by atoms with Gasteiger partial charge in [0.05, 0.1) is 0 Å². The lowest BCUT2D eigenvalue weighted by atomic mass is 10.7. The minimum absolute atomic E-state index is 0.253. The van der Waals surface area contributed by atoms with Gasteiger partial charge in [-0.2, -0.15) is 0 Å². The summed E-state index contributed by atoms with van der Waals surface area (Å²) in [6, 6.07) is 0. The van der Waals surface area contributed by atoms with Gasteiger partial charge in [0.15, 0.2) is 0 Å². The van der Waals surface area contributed by atoms with E-state index in [1.54, 1.807) is 6.26 Å². The van der Waals surface area contributed by atoms with Crippen LogP contribution in [0.3, 0.4) is 0 Å². The number of hydrogen-bond donors (Lipinski definition) is 2. The van der Waals surface area contributed by atoms with E-state index < -0.39 is 11.1 Å². The van der Waals surface area contributed by atoms with E-state index in [-0.39, 0.29) is 11.9 Å². The molecule has 54 valence electrons. The molecule has 0 saturated carbocycles. The molecular formula is C5H11NO2S. The van der Waals surface area contributed by atoms with Gasteiger partial charge < -0.3 is 4.74 Å². The molecule has 0 aliphatic carbocycles. The third-order valence-electron chi connectivity index (χ3n) is 0.613. The quantitative estimate of drug-likeness (QED) is 0.347. The second-order valence-electron chi connectivity index (χ2n) is 1.48. The summed E-state index contributed by atoms with van der Waals surface area (Å²) < 4.78 is 4.60. The van der Waals surface area contributed by atoms with Crippen molar-refractivity contribution in [2.45, 2.75) is 0 Å². The van der Waals surface area contributed by atoms with Crippen LogP contribution in [0.15, 0.2) is 12.7 Å². The molecule has 0 bridgehead atoms. The maximum absolute atomic E-state index is 10.5. The van der Waals surface area contributed by atoms with Gasteiger partial charge in [0.25, 0.3) is 0 Å². The average molecular weight is 149 g/mol. The number of rotatable bonds is 2. The first-order valence-corrected chi connectivity index (χ1v) is 4.30. The van der Waals surface area contributed by atoms with Crippen molar-refractivity contribution >= 4 is 16.4 Å². The molecule has 0 heterocycles. The lowest BCUT2D eigenvalue weighted by molar-refractivity contribution is 0.187. The monoisotopic (exact) mass is 149 g/mol. The van der Waals surface area contributed by atoms with Gasteiger partial charge in [-0.3, -0.25) is 5.14 Å². The molecule has 0 amide bonds. The highest BCUT2D eigenvalue weighted by Gasteiger charge is 2.01. The molecule has 1 unspecified atom stereocenters. The van der Waals surface area contributed by atoms with E-state index in [1.165, 1.54) is 6.08 Å². The Morgan fingerprint density at radius 1 is 2.00 bits per heavy atom. The Hall–Kier alpha value is -0.480. The van der Waals surface area contributed by atoms with E-state index in [4.69, 9.17) is 5.14 Å². The van der Waals surface area contributed by atoms with Crippen LogP contribution in [0.1, 0.15) is 0 Å². The van der Waals surface area contributed by atoms with Crippen LogP contribution < -0.4 is 5.14 Å². The smallest absolute Gasteiger partial charge is 0.359 e. The predicted octanol–water partition coefficient (Wildman–Crippen LogP) is 0.814. The van der Waals surface area contributed by atoms with Crippen LogP contribution in [0.2, 0.25) is 0 Å². The number of hydrogen-bond acceptors (Lipinski definition) is 3. The topological polar surface area (TPSA) is 52.3 Å². The van der Waals surface area contributed by atoms with Crippen LogP contribution in [0.4, 0.5) is 4.79 Å². The molecule has 0 saturated heterocycles. The van der Waals surface area contributed by atoms with Crippen LogP contribution in [-0.2, 0) is 4.74 Å². The fourth-order valence-electron chi connectivity index (χ4n) is 0.232. The van der Waals surface area contributed by atoms with Gasteiger partial charge >= 0.3 is 5.30 Å². The summed E-state index contributed by atoms with van der Waals surface area (Å²) in [6.07, 6.45) is 3.15. The molecule has 0 aliphatic heterocycles.